The lowest BCUT2D eigenvalue weighted by Gasteiger charge is -2.16. The van der Waals surface area contributed by atoms with Gasteiger partial charge in [0, 0.05) is 19.7 Å². The summed E-state index contributed by atoms with van der Waals surface area (Å²) >= 11 is 0. The average Bonchev–Trinajstić information content (AvgIpc) is 2.31. The second kappa shape index (κ2) is 7.42. The highest BCUT2D eigenvalue weighted by Gasteiger charge is 2.05. The quantitative estimate of drug-likeness (QED) is 0.714. The van der Waals surface area contributed by atoms with E-state index in [4.69, 9.17) is 4.74 Å². The van der Waals surface area contributed by atoms with Gasteiger partial charge in [-0.15, -0.1) is 0 Å². The highest BCUT2D eigenvalue weighted by Crippen LogP contribution is 2.07. The summed E-state index contributed by atoms with van der Waals surface area (Å²) in [5.74, 6) is 0. The normalized spacial score (nSPS) is 12.7. The Morgan fingerprint density at radius 3 is 2.50 bits per heavy atom. The Balaban J connectivity index is 2.40. The van der Waals surface area contributed by atoms with Crippen molar-refractivity contribution >= 4 is 0 Å². The zero-order valence-electron chi connectivity index (χ0n) is 10.6. The van der Waals surface area contributed by atoms with Crippen LogP contribution in [0.4, 0.5) is 0 Å². The summed E-state index contributed by atoms with van der Waals surface area (Å²) in [4.78, 5) is 0. The lowest BCUT2D eigenvalue weighted by Crippen LogP contribution is -2.33. The summed E-state index contributed by atoms with van der Waals surface area (Å²) in [6.45, 7) is 6.06. The van der Waals surface area contributed by atoms with E-state index in [1.807, 2.05) is 0 Å². The summed E-state index contributed by atoms with van der Waals surface area (Å²) in [5, 5.41) is 3.51. The fraction of sp³-hybridized carbons (Fsp3) is 0.571. The molecule has 90 valence electrons. The molecule has 0 aliphatic carbocycles. The van der Waals surface area contributed by atoms with Crippen molar-refractivity contribution in [1.82, 2.24) is 5.32 Å². The van der Waals surface area contributed by atoms with Gasteiger partial charge in [0.1, 0.15) is 0 Å². The summed E-state index contributed by atoms with van der Waals surface area (Å²) in [6.07, 6.45) is 2.25. The minimum absolute atomic E-state index is 0.554. The maximum Gasteiger partial charge on any atom is 0.0587 e. The number of nitrogens with one attached hydrogen (secondary N) is 1. The van der Waals surface area contributed by atoms with Gasteiger partial charge >= 0.3 is 0 Å². The first-order valence-corrected chi connectivity index (χ1v) is 6.04. The monoisotopic (exact) mass is 221 g/mol. The van der Waals surface area contributed by atoms with Crippen molar-refractivity contribution in [1.29, 1.82) is 0 Å². The van der Waals surface area contributed by atoms with Gasteiger partial charge in [-0.25, -0.2) is 0 Å². The summed E-state index contributed by atoms with van der Waals surface area (Å²) in [7, 11) is 1.74. The third-order valence-electron chi connectivity index (χ3n) is 2.83. The Kier molecular flexibility index (Phi) is 6.12. The topological polar surface area (TPSA) is 21.3 Å². The molecule has 0 spiro atoms. The molecule has 0 bridgehead atoms. The van der Waals surface area contributed by atoms with Crippen LogP contribution in [0.15, 0.2) is 24.3 Å². The standard InChI is InChI=1S/C14H23NO/c1-4-14(15-9-10-16-3)11-13-7-5-12(2)6-8-13/h5-8,14-15H,4,9-11H2,1-3H3. The van der Waals surface area contributed by atoms with Crippen LogP contribution in [-0.4, -0.2) is 26.3 Å². The molecule has 0 heterocycles. The highest BCUT2D eigenvalue weighted by molar-refractivity contribution is 5.22. The molecule has 0 saturated heterocycles. The van der Waals surface area contributed by atoms with E-state index in [2.05, 4.69) is 43.4 Å². The molecule has 0 aliphatic heterocycles. The molecule has 0 saturated carbocycles. The number of methoxy groups -OCH3 is 1. The summed E-state index contributed by atoms with van der Waals surface area (Å²) in [6, 6.07) is 9.35. The summed E-state index contributed by atoms with van der Waals surface area (Å²) in [5.41, 5.74) is 2.73. The van der Waals surface area contributed by atoms with Gasteiger partial charge in [-0.2, -0.15) is 0 Å². The minimum Gasteiger partial charge on any atom is -0.383 e. The number of hydrogen-bond donors (Lipinski definition) is 1. The molecule has 0 aliphatic rings. The van der Waals surface area contributed by atoms with E-state index < -0.39 is 0 Å². The maximum atomic E-state index is 5.04. The average molecular weight is 221 g/mol. The van der Waals surface area contributed by atoms with Crippen molar-refractivity contribution in [3.8, 4) is 0 Å². The van der Waals surface area contributed by atoms with E-state index >= 15 is 0 Å². The number of hydrogen-bond acceptors (Lipinski definition) is 2. The van der Waals surface area contributed by atoms with Gasteiger partial charge in [-0.3, -0.25) is 0 Å². The first-order chi connectivity index (χ1) is 7.76. The van der Waals surface area contributed by atoms with Gasteiger partial charge in [-0.1, -0.05) is 36.8 Å². The first-order valence-electron chi connectivity index (χ1n) is 6.04. The number of aryl methyl sites for hydroxylation is 1. The highest BCUT2D eigenvalue weighted by atomic mass is 16.5. The second-order valence-corrected chi connectivity index (χ2v) is 4.24. The molecule has 1 N–H and O–H groups in total. The predicted molar refractivity (Wildman–Crippen MR) is 68.8 cm³/mol. The molecule has 0 aromatic heterocycles. The number of rotatable bonds is 7. The zero-order valence-corrected chi connectivity index (χ0v) is 10.6. The lowest BCUT2D eigenvalue weighted by molar-refractivity contribution is 0.195. The van der Waals surface area contributed by atoms with Gasteiger partial charge in [0.25, 0.3) is 0 Å². The fourth-order valence-electron chi connectivity index (χ4n) is 1.73. The van der Waals surface area contributed by atoms with E-state index in [-0.39, 0.29) is 0 Å². The minimum atomic E-state index is 0.554. The van der Waals surface area contributed by atoms with E-state index in [0.29, 0.717) is 6.04 Å². The van der Waals surface area contributed by atoms with E-state index in [0.717, 1.165) is 26.0 Å². The van der Waals surface area contributed by atoms with Crippen molar-refractivity contribution in [2.24, 2.45) is 0 Å². The smallest absolute Gasteiger partial charge is 0.0587 e. The third-order valence-corrected chi connectivity index (χ3v) is 2.83. The van der Waals surface area contributed by atoms with Crippen LogP contribution in [0, 0.1) is 6.92 Å². The molecule has 16 heavy (non-hydrogen) atoms. The third kappa shape index (κ3) is 4.77. The van der Waals surface area contributed by atoms with Crippen molar-refractivity contribution < 1.29 is 4.74 Å². The Morgan fingerprint density at radius 1 is 1.25 bits per heavy atom. The van der Waals surface area contributed by atoms with Gasteiger partial charge < -0.3 is 10.1 Å². The number of ether oxygens (including phenoxy) is 1. The van der Waals surface area contributed by atoms with Crippen molar-refractivity contribution in [2.45, 2.75) is 32.7 Å². The largest absolute Gasteiger partial charge is 0.383 e. The first kappa shape index (κ1) is 13.2. The van der Waals surface area contributed by atoms with Gasteiger partial charge in [0.05, 0.1) is 6.61 Å². The maximum absolute atomic E-state index is 5.04. The van der Waals surface area contributed by atoms with Crippen LogP contribution < -0.4 is 5.32 Å². The molecule has 2 nitrogen and oxygen atoms in total. The van der Waals surface area contributed by atoms with E-state index in [9.17, 15) is 0 Å². The van der Waals surface area contributed by atoms with Gasteiger partial charge in [-0.05, 0) is 25.3 Å². The molecular weight excluding hydrogens is 198 g/mol. The molecule has 0 radical (unpaired) electrons. The lowest BCUT2D eigenvalue weighted by atomic mass is 10.0. The van der Waals surface area contributed by atoms with Crippen LogP contribution >= 0.6 is 0 Å². The molecule has 1 aromatic carbocycles. The molecule has 0 fully saturated rings. The van der Waals surface area contributed by atoms with Crippen LogP contribution in [0.3, 0.4) is 0 Å². The fourth-order valence-corrected chi connectivity index (χ4v) is 1.73. The van der Waals surface area contributed by atoms with Crippen molar-refractivity contribution in [2.75, 3.05) is 20.3 Å². The van der Waals surface area contributed by atoms with Crippen LogP contribution in [0.1, 0.15) is 24.5 Å². The molecule has 1 atom stereocenters. The predicted octanol–water partition coefficient (Wildman–Crippen LogP) is 2.55. The Bertz CT molecular complexity index is 281. The molecule has 1 aromatic rings. The van der Waals surface area contributed by atoms with Crippen LogP contribution in [-0.2, 0) is 11.2 Å². The Morgan fingerprint density at radius 2 is 1.94 bits per heavy atom. The van der Waals surface area contributed by atoms with Gasteiger partial charge in [0.15, 0.2) is 0 Å². The molecule has 2 heteroatoms. The van der Waals surface area contributed by atoms with Gasteiger partial charge in [0.2, 0.25) is 0 Å². The van der Waals surface area contributed by atoms with Crippen LogP contribution in [0.2, 0.25) is 0 Å². The van der Waals surface area contributed by atoms with Crippen LogP contribution in [0.5, 0.6) is 0 Å². The number of benzene rings is 1. The molecule has 0 amide bonds. The summed E-state index contributed by atoms with van der Waals surface area (Å²) < 4.78 is 5.04. The Hall–Kier alpha value is -0.860. The molecule has 1 rings (SSSR count). The van der Waals surface area contributed by atoms with Crippen molar-refractivity contribution in [3.63, 3.8) is 0 Å². The van der Waals surface area contributed by atoms with Crippen molar-refractivity contribution in [3.05, 3.63) is 35.4 Å². The SMILES string of the molecule is CCC(Cc1ccc(C)cc1)NCCOC. The van der Waals surface area contributed by atoms with Crippen LogP contribution in [0.25, 0.3) is 0 Å². The second-order valence-electron chi connectivity index (χ2n) is 4.24. The van der Waals surface area contributed by atoms with E-state index in [1.54, 1.807) is 7.11 Å². The zero-order chi connectivity index (χ0) is 11.8. The Labute approximate surface area is 99.0 Å². The molecule has 1 unspecified atom stereocenters. The van der Waals surface area contributed by atoms with E-state index in [1.165, 1.54) is 11.1 Å². The molecular formula is C14H23NO.